The zero-order valence-corrected chi connectivity index (χ0v) is 35.4. The average molecular weight is 807 g/mol. The van der Waals surface area contributed by atoms with Crippen molar-refractivity contribution in [2.45, 2.75) is 64.2 Å². The predicted octanol–water partition coefficient (Wildman–Crippen LogP) is 11.5. The number of hydrogen-bond donors (Lipinski definition) is 1. The quantitative estimate of drug-likeness (QED) is 0.138. The maximum absolute atomic E-state index is 12.4. The van der Waals surface area contributed by atoms with Crippen LogP contribution < -0.4 is 0 Å². The highest BCUT2D eigenvalue weighted by molar-refractivity contribution is 5.98. The molecule has 61 heavy (non-hydrogen) atoms. The molecule has 306 valence electrons. The van der Waals surface area contributed by atoms with Crippen molar-refractivity contribution in [2.24, 2.45) is 14.1 Å². The average Bonchev–Trinajstić information content (AvgIpc) is 4.21. The van der Waals surface area contributed by atoms with Gasteiger partial charge in [0, 0.05) is 84.7 Å². The summed E-state index contributed by atoms with van der Waals surface area (Å²) in [5.41, 5.74) is 16.3. The van der Waals surface area contributed by atoms with E-state index in [1.807, 2.05) is 24.5 Å². The first-order chi connectivity index (χ1) is 29.5. The molecular weight excluding hydrogens is 757 g/mol. The number of ether oxygens (including phenoxy) is 1. The highest BCUT2D eigenvalue weighted by atomic mass is 16.5. The van der Waals surface area contributed by atoms with Crippen LogP contribution in [-0.4, -0.2) is 43.3 Å². The Hall–Kier alpha value is -6.80. The number of benzene rings is 4. The second-order valence-corrected chi connectivity index (χ2v) is 17.0. The SMILES string of the molecule is COC(=O)c1cc(C2CC2)cnc1Cc1ccc2c(c1)c(-c1cccc(C)c1)cn2C.Cc1cccc(-c2cn(C)c3ccc(Cc4ncc(C5CC5)cc4C(=O)O)cc23)c1. The van der Waals surface area contributed by atoms with Gasteiger partial charge in [0.25, 0.3) is 0 Å². The molecule has 0 aliphatic heterocycles. The van der Waals surface area contributed by atoms with Gasteiger partial charge in [0.05, 0.1) is 29.6 Å². The summed E-state index contributed by atoms with van der Waals surface area (Å²) in [5.74, 6) is -0.183. The number of hydrogen-bond acceptors (Lipinski definition) is 5. The lowest BCUT2D eigenvalue weighted by molar-refractivity contribution is 0.0598. The molecule has 2 saturated carbocycles. The molecule has 0 bridgehead atoms. The molecule has 2 aliphatic carbocycles. The normalized spacial score (nSPS) is 13.6. The molecule has 4 heterocycles. The van der Waals surface area contributed by atoms with Crippen LogP contribution in [-0.2, 0) is 31.7 Å². The number of fused-ring (bicyclic) bond motifs is 2. The Labute approximate surface area is 356 Å². The van der Waals surface area contributed by atoms with Gasteiger partial charge in [0.1, 0.15) is 0 Å². The molecule has 0 amide bonds. The fourth-order valence-corrected chi connectivity index (χ4v) is 8.62. The van der Waals surface area contributed by atoms with Gasteiger partial charge >= 0.3 is 11.9 Å². The zero-order chi connectivity index (χ0) is 42.4. The zero-order valence-electron chi connectivity index (χ0n) is 35.4. The van der Waals surface area contributed by atoms with Gasteiger partial charge in [-0.3, -0.25) is 9.97 Å². The monoisotopic (exact) mass is 806 g/mol. The number of nitrogens with zero attached hydrogens (tertiary/aromatic N) is 4. The minimum atomic E-state index is -0.902. The molecule has 4 aromatic carbocycles. The molecule has 0 atom stereocenters. The summed E-state index contributed by atoms with van der Waals surface area (Å²) in [7, 11) is 5.57. The van der Waals surface area contributed by atoms with Crippen LogP contribution in [0.4, 0.5) is 0 Å². The number of pyridine rings is 2. The van der Waals surface area contributed by atoms with Crippen LogP contribution >= 0.6 is 0 Å². The first-order valence-electron chi connectivity index (χ1n) is 21.1. The van der Waals surface area contributed by atoms with E-state index in [2.05, 4.69) is 144 Å². The number of rotatable bonds is 10. The Morgan fingerprint density at radius 1 is 0.639 bits per heavy atom. The van der Waals surface area contributed by atoms with E-state index < -0.39 is 5.97 Å². The predicted molar refractivity (Wildman–Crippen MR) is 243 cm³/mol. The minimum Gasteiger partial charge on any atom is -0.478 e. The van der Waals surface area contributed by atoms with Crippen LogP contribution in [0.15, 0.2) is 122 Å². The number of methoxy groups -OCH3 is 1. The third-order valence-electron chi connectivity index (χ3n) is 12.2. The van der Waals surface area contributed by atoms with Crippen LogP contribution in [0.25, 0.3) is 44.1 Å². The molecule has 10 rings (SSSR count). The van der Waals surface area contributed by atoms with Crippen molar-refractivity contribution in [1.82, 2.24) is 19.1 Å². The number of esters is 1. The lowest BCUT2D eigenvalue weighted by atomic mass is 9.98. The Kier molecular flexibility index (Phi) is 10.6. The van der Waals surface area contributed by atoms with Crippen LogP contribution in [0.3, 0.4) is 0 Å². The number of carboxylic acid groups (broad SMARTS) is 1. The Balaban J connectivity index is 0.000000156. The molecule has 8 aromatic rings. The van der Waals surface area contributed by atoms with Gasteiger partial charge in [-0.15, -0.1) is 0 Å². The summed E-state index contributed by atoms with van der Waals surface area (Å²) in [5, 5.41) is 12.1. The second-order valence-electron chi connectivity index (χ2n) is 17.0. The van der Waals surface area contributed by atoms with Crippen molar-refractivity contribution in [3.05, 3.63) is 178 Å². The molecule has 8 nitrogen and oxygen atoms in total. The Morgan fingerprint density at radius 3 is 1.52 bits per heavy atom. The van der Waals surface area contributed by atoms with E-state index in [1.165, 1.54) is 69.6 Å². The summed E-state index contributed by atoms with van der Waals surface area (Å²) >= 11 is 0. The summed E-state index contributed by atoms with van der Waals surface area (Å²) in [6, 6.07) is 33.8. The molecular formula is C53H50N4O4. The van der Waals surface area contributed by atoms with E-state index in [-0.39, 0.29) is 5.97 Å². The Morgan fingerprint density at radius 2 is 1.10 bits per heavy atom. The van der Waals surface area contributed by atoms with Crippen LogP contribution in [0.5, 0.6) is 0 Å². The molecule has 0 saturated heterocycles. The molecule has 2 fully saturated rings. The van der Waals surface area contributed by atoms with Crippen molar-refractivity contribution in [3.8, 4) is 22.3 Å². The highest BCUT2D eigenvalue weighted by Gasteiger charge is 2.27. The fourth-order valence-electron chi connectivity index (χ4n) is 8.62. The van der Waals surface area contributed by atoms with Gasteiger partial charge in [-0.1, -0.05) is 71.8 Å². The lowest BCUT2D eigenvalue weighted by Gasteiger charge is -2.10. The fraction of sp³-hybridized carbons (Fsp3) is 0.245. The number of aromatic nitrogens is 4. The third kappa shape index (κ3) is 8.35. The largest absolute Gasteiger partial charge is 0.478 e. The number of carboxylic acids is 1. The van der Waals surface area contributed by atoms with Crippen molar-refractivity contribution >= 4 is 33.7 Å². The lowest BCUT2D eigenvalue weighted by Crippen LogP contribution is -2.09. The van der Waals surface area contributed by atoms with E-state index in [0.29, 0.717) is 41.5 Å². The standard InChI is InChI=1S/C27H26N2O2.C26H24N2O2/c1-17-5-4-6-20(11-17)24-16-29(2)26-10-7-18(12-22(24)26)13-25-23(27(30)31-3)14-21(15-28-25)19-8-9-19;1-16-4-3-5-19(10-16)23-15-28(2)25-9-6-17(11-21(23)25)12-24-22(26(29)30)13-20(14-27-24)18-7-8-18/h4-7,10-12,14-16,19H,8-9,13H2,1-3H3;3-6,9-11,13-15,18H,7-8,12H2,1-2H3,(H,29,30). The van der Waals surface area contributed by atoms with E-state index in [9.17, 15) is 14.7 Å². The van der Waals surface area contributed by atoms with E-state index in [0.717, 1.165) is 46.3 Å². The summed E-state index contributed by atoms with van der Waals surface area (Å²) in [4.78, 5) is 33.5. The van der Waals surface area contributed by atoms with Gasteiger partial charge in [0.2, 0.25) is 0 Å². The van der Waals surface area contributed by atoms with Crippen molar-refractivity contribution < 1.29 is 19.4 Å². The van der Waals surface area contributed by atoms with Crippen LogP contribution in [0.2, 0.25) is 0 Å². The summed E-state index contributed by atoms with van der Waals surface area (Å²) < 4.78 is 9.36. The third-order valence-corrected chi connectivity index (χ3v) is 12.2. The summed E-state index contributed by atoms with van der Waals surface area (Å²) in [6.45, 7) is 4.22. The molecule has 2 aliphatic rings. The van der Waals surface area contributed by atoms with Gasteiger partial charge in [-0.25, -0.2) is 9.59 Å². The molecule has 0 spiro atoms. The van der Waals surface area contributed by atoms with E-state index >= 15 is 0 Å². The Bertz CT molecular complexity index is 2980. The number of aryl methyl sites for hydroxylation is 4. The number of carbonyl (C=O) groups is 2. The molecule has 8 heteroatoms. The van der Waals surface area contributed by atoms with Crippen LogP contribution in [0.1, 0.15) is 103 Å². The number of carbonyl (C=O) groups excluding carboxylic acids is 1. The number of aromatic carboxylic acids is 1. The van der Waals surface area contributed by atoms with Gasteiger partial charge in [0.15, 0.2) is 0 Å². The van der Waals surface area contributed by atoms with Gasteiger partial charge < -0.3 is 19.0 Å². The van der Waals surface area contributed by atoms with Crippen LogP contribution in [0, 0.1) is 13.8 Å². The van der Waals surface area contributed by atoms with Gasteiger partial charge in [-0.05, 0) is 121 Å². The molecule has 4 aromatic heterocycles. The maximum atomic E-state index is 12.4. The molecule has 1 N–H and O–H groups in total. The first-order valence-corrected chi connectivity index (χ1v) is 21.1. The molecule has 0 unspecified atom stereocenters. The van der Waals surface area contributed by atoms with Crippen molar-refractivity contribution in [2.75, 3.05) is 7.11 Å². The van der Waals surface area contributed by atoms with Gasteiger partial charge in [-0.2, -0.15) is 0 Å². The summed E-state index contributed by atoms with van der Waals surface area (Å²) in [6.07, 6.45) is 13.8. The topological polar surface area (TPSA) is 99.2 Å². The smallest absolute Gasteiger partial charge is 0.339 e. The maximum Gasteiger partial charge on any atom is 0.339 e. The minimum absolute atomic E-state index is 0.314. The highest BCUT2D eigenvalue weighted by Crippen LogP contribution is 2.41. The first kappa shape index (κ1) is 39.6. The van der Waals surface area contributed by atoms with Crippen molar-refractivity contribution in [3.63, 3.8) is 0 Å². The van der Waals surface area contributed by atoms with E-state index in [4.69, 9.17) is 4.74 Å². The molecule has 0 radical (unpaired) electrons. The van der Waals surface area contributed by atoms with Crippen molar-refractivity contribution in [1.29, 1.82) is 0 Å². The second kappa shape index (κ2) is 16.3. The van der Waals surface area contributed by atoms with E-state index in [1.54, 1.807) is 0 Å².